The van der Waals surface area contributed by atoms with Gasteiger partial charge in [-0.05, 0) is 86.3 Å². The number of aryl methyl sites for hydroxylation is 4. The summed E-state index contributed by atoms with van der Waals surface area (Å²) in [7, 11) is -2.79. The number of allylic oxidation sites excluding steroid dienone is 2. The van der Waals surface area contributed by atoms with Crippen LogP contribution >= 0.6 is 0 Å². The monoisotopic (exact) mass is 1170 g/mol. The molecule has 4 aromatic heterocycles. The Morgan fingerprint density at radius 2 is 1.20 bits per heavy atom. The van der Waals surface area contributed by atoms with Crippen LogP contribution in [0.15, 0.2) is 48.6 Å². The predicted octanol–water partition coefficient (Wildman–Crippen LogP) is 7.88. The average Bonchev–Trinajstić information content (AvgIpc) is 2.65. The van der Waals surface area contributed by atoms with Crippen LogP contribution in [0.2, 0.25) is 22.2 Å². The first kappa shape index (κ1) is 61.3. The third-order valence-corrected chi connectivity index (χ3v) is 25.4. The lowest BCUT2D eigenvalue weighted by molar-refractivity contribution is -0.165. The summed E-state index contributed by atoms with van der Waals surface area (Å²) >= 11 is 0. The summed E-state index contributed by atoms with van der Waals surface area (Å²) in [5.74, 6) is -1.44. The molecule has 6 aromatic rings. The number of anilines is 2. The van der Waals surface area contributed by atoms with Crippen molar-refractivity contribution >= 4 is 74.7 Å². The molecule has 2 aliphatic heterocycles. The van der Waals surface area contributed by atoms with E-state index in [2.05, 4.69) is 76.2 Å². The summed E-state index contributed by atoms with van der Waals surface area (Å²) in [6.45, 7) is 26.5. The van der Waals surface area contributed by atoms with E-state index in [0.717, 1.165) is 0 Å². The van der Waals surface area contributed by atoms with E-state index >= 15 is 0 Å². The van der Waals surface area contributed by atoms with Crippen molar-refractivity contribution in [3.05, 3.63) is 82.5 Å². The molecule has 0 radical (unpaired) electrons. The molecule has 82 heavy (non-hydrogen) atoms. The van der Waals surface area contributed by atoms with Gasteiger partial charge in [-0.1, -0.05) is 67.5 Å². The first-order chi connectivity index (χ1) is 39.0. The van der Waals surface area contributed by atoms with Crippen LogP contribution in [0.5, 0.6) is 11.5 Å². The zero-order valence-electron chi connectivity index (χ0n) is 49.5. The lowest BCUT2D eigenvalue weighted by Gasteiger charge is -2.51. The molecule has 0 saturated carbocycles. The van der Waals surface area contributed by atoms with Gasteiger partial charge in [0.1, 0.15) is 52.2 Å². The Hall–Kier alpha value is -6.79. The van der Waals surface area contributed by atoms with Gasteiger partial charge < -0.3 is 57.3 Å². The normalized spacial score (nSPS) is 19.0. The molecule has 0 aliphatic carbocycles. The number of carbonyl (C=O) groups excluding carboxylic acids is 4. The second kappa shape index (κ2) is 25.4. The topological polar surface area (TPSA) is 290 Å². The van der Waals surface area contributed by atoms with Crippen molar-refractivity contribution in [1.29, 1.82) is 0 Å². The Balaban J connectivity index is 1.10. The lowest BCUT2D eigenvalue weighted by atomic mass is 10.1. The molecule has 0 bridgehead atoms. The van der Waals surface area contributed by atoms with Crippen molar-refractivity contribution in [2.24, 2.45) is 11.5 Å². The molecule has 24 nitrogen and oxygen atoms in total. The Morgan fingerprint density at radius 1 is 0.707 bits per heavy atom. The number of methoxy groups -OCH3 is 2. The van der Waals surface area contributed by atoms with Crippen LogP contribution < -0.4 is 31.6 Å². The van der Waals surface area contributed by atoms with E-state index in [1.54, 1.807) is 63.7 Å². The summed E-state index contributed by atoms with van der Waals surface area (Å²) in [6, 6.07) is 9.52. The molecule has 4 atom stereocenters. The first-order valence-electron chi connectivity index (χ1n) is 28.0. The number of rotatable bonds is 24. The zero-order chi connectivity index (χ0) is 59.5. The molecular weight excluding hydrogens is 1090 g/mol. The molecule has 6 heterocycles. The van der Waals surface area contributed by atoms with E-state index in [1.165, 1.54) is 19.2 Å². The summed E-state index contributed by atoms with van der Waals surface area (Å²) < 4.78 is 59.8. The van der Waals surface area contributed by atoms with Gasteiger partial charge in [0.05, 0.1) is 49.4 Å². The molecule has 4 amide bonds. The average molecular weight is 1170 g/mol. The van der Waals surface area contributed by atoms with E-state index < -0.39 is 65.4 Å². The molecule has 2 aliphatic rings. The smallest absolute Gasteiger partial charge is 0.335 e. The van der Waals surface area contributed by atoms with E-state index in [1.807, 2.05) is 26.0 Å². The van der Waals surface area contributed by atoms with Crippen molar-refractivity contribution in [3.8, 4) is 11.5 Å². The van der Waals surface area contributed by atoms with E-state index in [-0.39, 0.29) is 83.8 Å². The molecular formula is C56H80N12O12Si2. The minimum atomic E-state index is -3.02. The fourth-order valence-corrected chi connectivity index (χ4v) is 22.3. The summed E-state index contributed by atoms with van der Waals surface area (Å²) in [5, 5.41) is 14.8. The third kappa shape index (κ3) is 12.2. The van der Waals surface area contributed by atoms with Crippen LogP contribution in [-0.2, 0) is 53.4 Å². The van der Waals surface area contributed by atoms with Crippen molar-refractivity contribution < 1.29 is 55.8 Å². The molecule has 0 unspecified atom stereocenters. The van der Waals surface area contributed by atoms with Gasteiger partial charge in [0.15, 0.2) is 6.29 Å². The lowest BCUT2D eigenvalue weighted by Crippen LogP contribution is -2.66. The number of nitrogens with two attached hydrogens (primary N) is 2. The van der Waals surface area contributed by atoms with Crippen molar-refractivity contribution in [3.63, 3.8) is 0 Å². The van der Waals surface area contributed by atoms with Crippen LogP contribution in [0.3, 0.4) is 0 Å². The number of carbonyl (C=O) groups is 4. The van der Waals surface area contributed by atoms with Gasteiger partial charge in [-0.25, -0.2) is 9.97 Å². The van der Waals surface area contributed by atoms with Crippen LogP contribution in [-0.4, -0.2) is 138 Å². The molecule has 2 aromatic carbocycles. The minimum Gasteiger partial charge on any atom is -0.494 e. The fraction of sp³-hybridized carbons (Fsp3) is 0.536. The van der Waals surface area contributed by atoms with Crippen molar-refractivity contribution in [1.82, 2.24) is 38.7 Å². The molecule has 0 spiro atoms. The Labute approximate surface area is 479 Å². The predicted molar refractivity (Wildman–Crippen MR) is 313 cm³/mol. The number of nitrogens with one attached hydrogen (secondary N) is 2. The maximum atomic E-state index is 14.1. The molecule has 444 valence electrons. The number of primary amides is 2. The Morgan fingerprint density at radius 3 is 1.65 bits per heavy atom. The van der Waals surface area contributed by atoms with Crippen molar-refractivity contribution in [2.45, 2.75) is 162 Å². The molecule has 2 saturated heterocycles. The number of benzene rings is 2. The van der Waals surface area contributed by atoms with Crippen LogP contribution in [0.1, 0.15) is 129 Å². The highest BCUT2D eigenvalue weighted by Gasteiger charge is 2.62. The van der Waals surface area contributed by atoms with Gasteiger partial charge >= 0.3 is 17.1 Å². The van der Waals surface area contributed by atoms with E-state index in [4.69, 9.17) is 58.1 Å². The van der Waals surface area contributed by atoms with Crippen molar-refractivity contribution in [2.75, 3.05) is 44.7 Å². The van der Waals surface area contributed by atoms with Gasteiger partial charge in [-0.3, -0.25) is 39.2 Å². The van der Waals surface area contributed by atoms with Crippen LogP contribution in [0.25, 0.3) is 22.1 Å². The minimum absolute atomic E-state index is 0.0878. The summed E-state index contributed by atoms with van der Waals surface area (Å²) in [5.41, 5.74) is 16.0. The standard InChI is InChI=1S/C56H80N12O12Si2/c1-15-67-41(24-35(11)63-67)52(71)61-55-59-39-26-37(50(57)69)28-43(73-13)46(39)65(55)20-17-18-21-66-47-40(60-56(66)62-53(72)42-25-36(12)64-68(42)16-2)27-38(51(58)70)29-44(47)75-22-19-23-76-49-48-45(78-54(49)74-14)30-77-81(31(3)4,32(5)6)80-82(79-48,33(7)8)34(9)10/h17-18,24-29,31-34,45,48-49,54H,15-16,19-23,30H2,1-14H3,(H2,57,69)(H2,58,70)(H,59,61,71)(H,60,62,72)/b18-17+/t45-,48-,49-,54-/m1/s1. The summed E-state index contributed by atoms with van der Waals surface area (Å²) in [6.07, 6.45) is 1.71. The number of hydrogen-bond acceptors (Lipinski definition) is 16. The van der Waals surface area contributed by atoms with Crippen LogP contribution in [0.4, 0.5) is 11.9 Å². The number of nitrogens with zero attached hydrogens (tertiary/aromatic N) is 8. The number of fused-ring (bicyclic) bond motifs is 3. The van der Waals surface area contributed by atoms with Gasteiger partial charge in [0, 0.05) is 50.8 Å². The molecule has 8 rings (SSSR count). The van der Waals surface area contributed by atoms with Gasteiger partial charge in [-0.15, -0.1) is 0 Å². The number of imidazole rings is 2. The Kier molecular flexibility index (Phi) is 19.0. The second-order valence-electron chi connectivity index (χ2n) is 21.9. The number of ether oxygens (including phenoxy) is 5. The third-order valence-electron chi connectivity index (χ3n) is 15.2. The maximum absolute atomic E-state index is 14.1. The van der Waals surface area contributed by atoms with Gasteiger partial charge in [0.2, 0.25) is 23.7 Å². The zero-order valence-corrected chi connectivity index (χ0v) is 51.5. The fourth-order valence-electron chi connectivity index (χ4n) is 11.1. The summed E-state index contributed by atoms with van der Waals surface area (Å²) in [4.78, 5) is 62.9. The number of hydrogen-bond donors (Lipinski definition) is 4. The van der Waals surface area contributed by atoms with E-state index in [9.17, 15) is 19.2 Å². The number of amides is 4. The highest BCUT2D eigenvalue weighted by molar-refractivity contribution is 6.84. The Bertz CT molecular complexity index is 3330. The van der Waals surface area contributed by atoms with Gasteiger partial charge in [-0.2, -0.15) is 10.2 Å². The van der Waals surface area contributed by atoms with Crippen LogP contribution in [0, 0.1) is 13.8 Å². The number of aromatic nitrogens is 8. The van der Waals surface area contributed by atoms with Gasteiger partial charge in [0.25, 0.3) is 11.8 Å². The first-order valence-corrected chi connectivity index (χ1v) is 32.0. The quantitative estimate of drug-likeness (QED) is 0.0254. The maximum Gasteiger partial charge on any atom is 0.335 e. The SMILES string of the molecule is CCn1nc(C)cc1C(=O)Nc1nc2cc(C(N)=O)cc(OC)c2n1C/C=C/Cn1c(NC(=O)c2cc(C)nn2CC)nc2cc(C(N)=O)cc(OCCCO[C@H]3[C@H](OC)O[C@@H]4CO[Si](C(C)C)(C(C)C)O[Si](C(C)C)(C(C)C)O[C@@H]34)c21. The molecule has 2 fully saturated rings. The second-order valence-corrected chi connectivity index (χ2v) is 30.8. The largest absolute Gasteiger partial charge is 0.494 e. The molecule has 6 N–H and O–H groups in total. The highest BCUT2D eigenvalue weighted by atomic mass is 28.5. The molecule has 26 heteroatoms. The highest BCUT2D eigenvalue weighted by Crippen LogP contribution is 2.48. The van der Waals surface area contributed by atoms with E-state index in [0.29, 0.717) is 70.1 Å².